The van der Waals surface area contributed by atoms with Crippen molar-refractivity contribution in [3.8, 4) is 5.75 Å². The Kier molecular flexibility index (Phi) is 6.72. The number of carbonyl (C=O) groups excluding carboxylic acids is 1. The highest BCUT2D eigenvalue weighted by atomic mass is 32.2. The molecule has 154 valence electrons. The van der Waals surface area contributed by atoms with Crippen LogP contribution in [0.15, 0.2) is 24.3 Å². The summed E-state index contributed by atoms with van der Waals surface area (Å²) in [7, 11) is 0. The minimum absolute atomic E-state index is 0.0167. The van der Waals surface area contributed by atoms with Gasteiger partial charge in [-0.3, -0.25) is 15.1 Å². The van der Waals surface area contributed by atoms with Crippen LogP contribution in [0.1, 0.15) is 19.3 Å². The number of hydrazine groups is 1. The molecule has 3 saturated heterocycles. The molecular weight excluding hydrogens is 379 g/mol. The van der Waals surface area contributed by atoms with E-state index in [0.29, 0.717) is 19.1 Å². The predicted octanol–water partition coefficient (Wildman–Crippen LogP) is 1.48. The lowest BCUT2D eigenvalue weighted by Crippen LogP contribution is -2.52. The number of hydrogen-bond acceptors (Lipinski definition) is 6. The van der Waals surface area contributed by atoms with E-state index in [2.05, 4.69) is 15.8 Å². The number of carbonyl (C=O) groups is 1. The number of hydrogen-bond donors (Lipinski definition) is 2. The van der Waals surface area contributed by atoms with Crippen LogP contribution in [0.3, 0.4) is 0 Å². The quantitative estimate of drug-likeness (QED) is 0.770. The first-order valence-corrected chi connectivity index (χ1v) is 11.3. The van der Waals surface area contributed by atoms with Crippen molar-refractivity contribution in [1.29, 1.82) is 0 Å². The first kappa shape index (κ1) is 19.9. The molecule has 1 amide bonds. The summed E-state index contributed by atoms with van der Waals surface area (Å²) in [5.41, 5.74) is 6.22. The van der Waals surface area contributed by atoms with Crippen LogP contribution in [0.25, 0.3) is 0 Å². The Hall–Kier alpha value is -1.35. The second-order valence-electron chi connectivity index (χ2n) is 7.72. The van der Waals surface area contributed by atoms with Crippen molar-refractivity contribution in [2.75, 3.05) is 44.3 Å². The Morgan fingerprint density at radius 3 is 2.64 bits per heavy atom. The summed E-state index contributed by atoms with van der Waals surface area (Å²) in [4.78, 5) is 17.5. The SMILES string of the molecule is O=C(C1CC(COc2ccccc2F)NN1)N1CCC(N2CCSCC2)CC1. The largest absolute Gasteiger partial charge is 0.489 e. The van der Waals surface area contributed by atoms with Crippen molar-refractivity contribution in [2.24, 2.45) is 0 Å². The molecule has 28 heavy (non-hydrogen) atoms. The van der Waals surface area contributed by atoms with Gasteiger partial charge in [0.15, 0.2) is 11.6 Å². The van der Waals surface area contributed by atoms with E-state index in [4.69, 9.17) is 4.74 Å². The highest BCUT2D eigenvalue weighted by Gasteiger charge is 2.35. The molecular formula is C20H29FN4O2S. The lowest BCUT2D eigenvalue weighted by Gasteiger charge is -2.40. The summed E-state index contributed by atoms with van der Waals surface area (Å²) in [5, 5.41) is 0. The fourth-order valence-electron chi connectivity index (χ4n) is 4.26. The Morgan fingerprint density at radius 1 is 1.14 bits per heavy atom. The maximum absolute atomic E-state index is 13.7. The van der Waals surface area contributed by atoms with Gasteiger partial charge in [-0.1, -0.05) is 12.1 Å². The van der Waals surface area contributed by atoms with Crippen LogP contribution < -0.4 is 15.6 Å². The van der Waals surface area contributed by atoms with E-state index in [0.717, 1.165) is 25.9 Å². The maximum Gasteiger partial charge on any atom is 0.241 e. The number of para-hydroxylation sites is 1. The van der Waals surface area contributed by atoms with Crippen LogP contribution in [-0.2, 0) is 4.79 Å². The molecule has 6 nitrogen and oxygen atoms in total. The summed E-state index contributed by atoms with van der Waals surface area (Å²) in [6.07, 6.45) is 2.78. The molecule has 0 bridgehead atoms. The number of benzene rings is 1. The monoisotopic (exact) mass is 408 g/mol. The summed E-state index contributed by atoms with van der Waals surface area (Å²) < 4.78 is 19.2. The van der Waals surface area contributed by atoms with E-state index >= 15 is 0 Å². The van der Waals surface area contributed by atoms with Gasteiger partial charge in [-0.15, -0.1) is 0 Å². The number of ether oxygens (including phenoxy) is 1. The molecule has 3 heterocycles. The zero-order valence-corrected chi connectivity index (χ0v) is 16.9. The van der Waals surface area contributed by atoms with Crippen molar-refractivity contribution in [3.05, 3.63) is 30.1 Å². The number of rotatable bonds is 5. The molecule has 0 radical (unpaired) electrons. The molecule has 3 aliphatic heterocycles. The van der Waals surface area contributed by atoms with E-state index in [1.165, 1.54) is 30.7 Å². The van der Waals surface area contributed by atoms with Crippen LogP contribution in [0.5, 0.6) is 5.75 Å². The Balaban J connectivity index is 1.21. The number of thioether (sulfide) groups is 1. The molecule has 0 spiro atoms. The summed E-state index contributed by atoms with van der Waals surface area (Å²) >= 11 is 2.04. The lowest BCUT2D eigenvalue weighted by molar-refractivity contribution is -0.134. The van der Waals surface area contributed by atoms with Gasteiger partial charge in [-0.05, 0) is 31.4 Å². The number of likely N-dealkylation sites (tertiary alicyclic amines) is 1. The molecule has 2 N–H and O–H groups in total. The van der Waals surface area contributed by atoms with Crippen molar-refractivity contribution in [3.63, 3.8) is 0 Å². The molecule has 4 rings (SSSR count). The summed E-state index contributed by atoms with van der Waals surface area (Å²) in [5.74, 6) is 2.50. The Bertz CT molecular complexity index is 665. The van der Waals surface area contributed by atoms with Gasteiger partial charge in [-0.25, -0.2) is 9.82 Å². The fourth-order valence-corrected chi connectivity index (χ4v) is 5.19. The van der Waals surface area contributed by atoms with Gasteiger partial charge in [-0.2, -0.15) is 11.8 Å². The number of nitrogens with zero attached hydrogens (tertiary/aromatic N) is 2. The van der Waals surface area contributed by atoms with E-state index in [1.807, 2.05) is 16.7 Å². The average molecular weight is 409 g/mol. The smallest absolute Gasteiger partial charge is 0.241 e. The summed E-state index contributed by atoms with van der Waals surface area (Å²) in [6.45, 7) is 4.36. The van der Waals surface area contributed by atoms with Crippen LogP contribution in [0.2, 0.25) is 0 Å². The van der Waals surface area contributed by atoms with Crippen LogP contribution >= 0.6 is 11.8 Å². The zero-order valence-electron chi connectivity index (χ0n) is 16.1. The Morgan fingerprint density at radius 2 is 1.89 bits per heavy atom. The van der Waals surface area contributed by atoms with Gasteiger partial charge in [0.05, 0.1) is 6.04 Å². The molecule has 3 aliphatic rings. The zero-order chi connectivity index (χ0) is 19.3. The number of halogens is 1. The molecule has 0 aromatic heterocycles. The van der Waals surface area contributed by atoms with Crippen LogP contribution in [0, 0.1) is 5.82 Å². The van der Waals surface area contributed by atoms with E-state index in [9.17, 15) is 9.18 Å². The molecule has 1 aromatic carbocycles. The van der Waals surface area contributed by atoms with Crippen molar-refractivity contribution in [2.45, 2.75) is 37.4 Å². The van der Waals surface area contributed by atoms with Crippen molar-refractivity contribution in [1.82, 2.24) is 20.7 Å². The molecule has 2 atom stereocenters. The van der Waals surface area contributed by atoms with Crippen molar-refractivity contribution < 1.29 is 13.9 Å². The van der Waals surface area contributed by atoms with Gasteiger partial charge < -0.3 is 9.64 Å². The van der Waals surface area contributed by atoms with Gasteiger partial charge in [0.1, 0.15) is 12.6 Å². The standard InChI is InChI=1S/C20H29FN4O2S/c21-17-3-1-2-4-19(17)27-14-15-13-18(23-22-15)20(26)25-7-5-16(6-8-25)24-9-11-28-12-10-24/h1-4,15-16,18,22-23H,5-14H2. The second kappa shape index (κ2) is 9.43. The number of nitrogens with one attached hydrogen (secondary N) is 2. The second-order valence-corrected chi connectivity index (χ2v) is 8.94. The van der Waals surface area contributed by atoms with Gasteiger partial charge >= 0.3 is 0 Å². The van der Waals surface area contributed by atoms with Gasteiger partial charge in [0.25, 0.3) is 0 Å². The van der Waals surface area contributed by atoms with Crippen LogP contribution in [0.4, 0.5) is 4.39 Å². The third-order valence-electron chi connectivity index (χ3n) is 5.89. The van der Waals surface area contributed by atoms with E-state index < -0.39 is 0 Å². The predicted molar refractivity (Wildman–Crippen MR) is 109 cm³/mol. The minimum Gasteiger partial charge on any atom is -0.489 e. The topological polar surface area (TPSA) is 56.8 Å². The van der Waals surface area contributed by atoms with Crippen LogP contribution in [-0.4, -0.2) is 78.1 Å². The molecule has 8 heteroatoms. The van der Waals surface area contributed by atoms with Crippen molar-refractivity contribution >= 4 is 17.7 Å². The molecule has 2 unspecified atom stereocenters. The highest BCUT2D eigenvalue weighted by Crippen LogP contribution is 2.22. The average Bonchev–Trinajstić information content (AvgIpc) is 3.22. The normalized spacial score (nSPS) is 27.1. The van der Waals surface area contributed by atoms with Gasteiger partial charge in [0.2, 0.25) is 5.91 Å². The lowest BCUT2D eigenvalue weighted by atomic mass is 10.0. The number of amides is 1. The third-order valence-corrected chi connectivity index (χ3v) is 6.84. The molecule has 0 aliphatic carbocycles. The van der Waals surface area contributed by atoms with E-state index in [1.54, 1.807) is 18.2 Å². The van der Waals surface area contributed by atoms with E-state index in [-0.39, 0.29) is 29.6 Å². The number of piperidine rings is 1. The third kappa shape index (κ3) is 4.79. The molecule has 1 aromatic rings. The first-order chi connectivity index (χ1) is 13.7. The molecule has 3 fully saturated rings. The highest BCUT2D eigenvalue weighted by molar-refractivity contribution is 7.99. The minimum atomic E-state index is -0.365. The maximum atomic E-state index is 13.7. The first-order valence-electron chi connectivity index (χ1n) is 10.2. The fraction of sp³-hybridized carbons (Fsp3) is 0.650. The Labute approximate surface area is 170 Å². The molecule has 0 saturated carbocycles. The summed E-state index contributed by atoms with van der Waals surface area (Å²) in [6, 6.07) is 6.76. The van der Waals surface area contributed by atoms with Gasteiger partial charge in [0, 0.05) is 43.7 Å².